The summed E-state index contributed by atoms with van der Waals surface area (Å²) in [5.41, 5.74) is 1.10. The molecule has 0 bridgehead atoms. The van der Waals surface area contributed by atoms with Gasteiger partial charge in [0.15, 0.2) is 0 Å². The minimum Gasteiger partial charge on any atom is -0.495 e. The van der Waals surface area contributed by atoms with Crippen LogP contribution < -0.4 is 4.74 Å². The van der Waals surface area contributed by atoms with Crippen LogP contribution >= 0.6 is 0 Å². The maximum atomic E-state index is 13.0. The van der Waals surface area contributed by atoms with Crippen molar-refractivity contribution in [2.45, 2.75) is 36.0 Å². The van der Waals surface area contributed by atoms with E-state index >= 15 is 0 Å². The molecule has 9 heteroatoms. The number of nitrogens with zero attached hydrogens (tertiary/aromatic N) is 2. The van der Waals surface area contributed by atoms with Gasteiger partial charge in [0, 0.05) is 26.2 Å². The molecule has 3 rings (SSSR count). The van der Waals surface area contributed by atoms with E-state index in [9.17, 15) is 16.8 Å². The number of hydrogen-bond donors (Lipinski definition) is 0. The average molecular weight is 453 g/mol. The van der Waals surface area contributed by atoms with E-state index in [1.807, 2.05) is 12.1 Å². The quantitative estimate of drug-likeness (QED) is 0.645. The summed E-state index contributed by atoms with van der Waals surface area (Å²) in [6, 6.07) is 13.4. The molecule has 0 saturated carbocycles. The van der Waals surface area contributed by atoms with E-state index in [4.69, 9.17) is 4.74 Å². The fourth-order valence-electron chi connectivity index (χ4n) is 3.47. The van der Waals surface area contributed by atoms with Crippen LogP contribution in [0.15, 0.2) is 58.3 Å². The highest BCUT2D eigenvalue weighted by Gasteiger charge is 2.34. The van der Waals surface area contributed by atoms with Gasteiger partial charge in [0.25, 0.3) is 0 Å². The molecule has 164 valence electrons. The van der Waals surface area contributed by atoms with Gasteiger partial charge >= 0.3 is 0 Å². The van der Waals surface area contributed by atoms with Crippen molar-refractivity contribution in [3.8, 4) is 5.75 Å². The van der Waals surface area contributed by atoms with Crippen LogP contribution in [0.4, 0.5) is 0 Å². The molecule has 1 unspecified atom stereocenters. The van der Waals surface area contributed by atoms with Crippen molar-refractivity contribution in [2.24, 2.45) is 0 Å². The fraction of sp³-hybridized carbons (Fsp3) is 0.429. The molecule has 30 heavy (non-hydrogen) atoms. The lowest BCUT2D eigenvalue weighted by atomic mass is 9.99. The number of para-hydroxylation sites is 1. The minimum absolute atomic E-state index is 0.0874. The zero-order valence-electron chi connectivity index (χ0n) is 17.5. The molecular weight excluding hydrogens is 424 g/mol. The van der Waals surface area contributed by atoms with Crippen LogP contribution in [0.3, 0.4) is 0 Å². The molecule has 2 aromatic carbocycles. The Morgan fingerprint density at radius 2 is 1.40 bits per heavy atom. The number of ether oxygens (including phenoxy) is 1. The van der Waals surface area contributed by atoms with Crippen LogP contribution in [0.25, 0.3) is 0 Å². The van der Waals surface area contributed by atoms with Gasteiger partial charge in [-0.3, -0.25) is 0 Å². The molecule has 1 aliphatic rings. The smallest absolute Gasteiger partial charge is 0.246 e. The molecule has 1 heterocycles. The lowest BCUT2D eigenvalue weighted by Crippen LogP contribution is -2.50. The molecule has 0 amide bonds. The third-order valence-corrected chi connectivity index (χ3v) is 9.43. The highest BCUT2D eigenvalue weighted by molar-refractivity contribution is 7.89. The van der Waals surface area contributed by atoms with Gasteiger partial charge in [0.2, 0.25) is 20.0 Å². The molecule has 0 radical (unpaired) electrons. The zero-order chi connectivity index (χ0) is 21.9. The third kappa shape index (κ3) is 4.39. The van der Waals surface area contributed by atoms with E-state index in [0.29, 0.717) is 5.92 Å². The minimum atomic E-state index is -3.77. The SMILES string of the molecule is CCC(C)c1ccc(S(=O)(=O)N2CCN(S(=O)(=O)c3ccccc3OC)CC2)cc1. The average Bonchev–Trinajstić information content (AvgIpc) is 2.78. The normalized spacial score (nSPS) is 17.6. The van der Waals surface area contributed by atoms with Gasteiger partial charge in [-0.25, -0.2) is 16.8 Å². The van der Waals surface area contributed by atoms with Crippen molar-refractivity contribution in [1.82, 2.24) is 8.61 Å². The number of hydrogen-bond acceptors (Lipinski definition) is 5. The number of rotatable bonds is 7. The van der Waals surface area contributed by atoms with E-state index < -0.39 is 20.0 Å². The second kappa shape index (κ2) is 9.05. The molecule has 0 aromatic heterocycles. The van der Waals surface area contributed by atoms with Gasteiger partial charge in [0.1, 0.15) is 10.6 Å². The van der Waals surface area contributed by atoms with Gasteiger partial charge in [-0.1, -0.05) is 38.1 Å². The highest BCUT2D eigenvalue weighted by atomic mass is 32.2. The largest absolute Gasteiger partial charge is 0.495 e. The Hall–Kier alpha value is -1.94. The molecule has 7 nitrogen and oxygen atoms in total. The Bertz CT molecular complexity index is 1070. The van der Waals surface area contributed by atoms with E-state index in [2.05, 4.69) is 13.8 Å². The van der Waals surface area contributed by atoms with Gasteiger partial charge in [-0.05, 0) is 42.2 Å². The molecule has 1 saturated heterocycles. The monoisotopic (exact) mass is 452 g/mol. The predicted molar refractivity (Wildman–Crippen MR) is 116 cm³/mol. The van der Waals surface area contributed by atoms with Crippen molar-refractivity contribution in [3.05, 3.63) is 54.1 Å². The summed E-state index contributed by atoms with van der Waals surface area (Å²) in [6.07, 6.45) is 0.981. The first-order chi connectivity index (χ1) is 14.2. The van der Waals surface area contributed by atoms with E-state index in [1.54, 1.807) is 30.3 Å². The van der Waals surface area contributed by atoms with Crippen molar-refractivity contribution in [2.75, 3.05) is 33.3 Å². The topological polar surface area (TPSA) is 84.0 Å². The summed E-state index contributed by atoms with van der Waals surface area (Å²) in [5, 5.41) is 0. The highest BCUT2D eigenvalue weighted by Crippen LogP contribution is 2.28. The number of benzene rings is 2. The Kier molecular flexibility index (Phi) is 6.86. The van der Waals surface area contributed by atoms with Gasteiger partial charge in [0.05, 0.1) is 12.0 Å². The summed E-state index contributed by atoms with van der Waals surface area (Å²) in [7, 11) is -6.02. The maximum Gasteiger partial charge on any atom is 0.246 e. The second-order valence-corrected chi connectivity index (χ2v) is 11.2. The van der Waals surface area contributed by atoms with E-state index in [-0.39, 0.29) is 41.7 Å². The first-order valence-electron chi connectivity index (χ1n) is 9.95. The molecule has 1 atom stereocenters. The molecule has 1 aliphatic heterocycles. The maximum absolute atomic E-state index is 13.0. The summed E-state index contributed by atoms with van der Waals surface area (Å²) < 4.78 is 59.8. The van der Waals surface area contributed by atoms with Crippen LogP contribution in [-0.4, -0.2) is 58.7 Å². The molecule has 0 spiro atoms. The van der Waals surface area contributed by atoms with Crippen LogP contribution in [0.2, 0.25) is 0 Å². The van der Waals surface area contributed by atoms with Crippen molar-refractivity contribution >= 4 is 20.0 Å². The van der Waals surface area contributed by atoms with Crippen LogP contribution in [0.5, 0.6) is 5.75 Å². The van der Waals surface area contributed by atoms with Crippen molar-refractivity contribution in [1.29, 1.82) is 0 Å². The van der Waals surface area contributed by atoms with Crippen LogP contribution in [0, 0.1) is 0 Å². The number of piperazine rings is 1. The van der Waals surface area contributed by atoms with Gasteiger partial charge in [-0.15, -0.1) is 0 Å². The second-order valence-electron chi connectivity index (χ2n) is 7.34. The van der Waals surface area contributed by atoms with Gasteiger partial charge in [-0.2, -0.15) is 8.61 Å². The van der Waals surface area contributed by atoms with Crippen LogP contribution in [-0.2, 0) is 20.0 Å². The summed E-state index contributed by atoms with van der Waals surface area (Å²) in [6.45, 7) is 4.57. The predicted octanol–water partition coefficient (Wildman–Crippen LogP) is 2.90. The van der Waals surface area contributed by atoms with E-state index in [0.717, 1.165) is 12.0 Å². The Morgan fingerprint density at radius 3 is 1.93 bits per heavy atom. The third-order valence-electron chi connectivity index (χ3n) is 5.58. The summed E-state index contributed by atoms with van der Waals surface area (Å²) in [4.78, 5) is 0.319. The zero-order valence-corrected chi connectivity index (χ0v) is 19.1. The number of sulfonamides is 2. The lowest BCUT2D eigenvalue weighted by Gasteiger charge is -2.33. The summed E-state index contributed by atoms with van der Waals surface area (Å²) in [5.74, 6) is 0.638. The molecule has 1 fully saturated rings. The molecule has 2 aromatic rings. The first-order valence-corrected chi connectivity index (χ1v) is 12.8. The van der Waals surface area contributed by atoms with E-state index in [1.165, 1.54) is 21.8 Å². The number of methoxy groups -OCH3 is 1. The fourth-order valence-corrected chi connectivity index (χ4v) is 6.48. The Morgan fingerprint density at radius 1 is 0.867 bits per heavy atom. The van der Waals surface area contributed by atoms with Gasteiger partial charge < -0.3 is 4.74 Å². The van der Waals surface area contributed by atoms with Crippen LogP contribution in [0.1, 0.15) is 31.7 Å². The Labute approximate surface area is 179 Å². The Balaban J connectivity index is 1.74. The standard InChI is InChI=1S/C21H28N2O5S2/c1-4-17(2)18-9-11-19(12-10-18)29(24,25)22-13-15-23(16-14-22)30(26,27)21-8-6-5-7-20(21)28-3/h5-12,17H,4,13-16H2,1-3H3. The first kappa shape index (κ1) is 22.7. The van der Waals surface area contributed by atoms with Crippen molar-refractivity contribution in [3.63, 3.8) is 0 Å². The molecular formula is C21H28N2O5S2. The van der Waals surface area contributed by atoms with Crippen molar-refractivity contribution < 1.29 is 21.6 Å². The molecule has 0 N–H and O–H groups in total. The molecule has 0 aliphatic carbocycles. The lowest BCUT2D eigenvalue weighted by molar-refractivity contribution is 0.272. The summed E-state index contributed by atoms with van der Waals surface area (Å²) >= 11 is 0.